The highest BCUT2D eigenvalue weighted by atomic mass is 32.2. The molecule has 0 spiro atoms. The average Bonchev–Trinajstić information content (AvgIpc) is 2.83. The van der Waals surface area contributed by atoms with Crippen molar-refractivity contribution in [1.82, 2.24) is 4.98 Å². The second-order valence-corrected chi connectivity index (χ2v) is 5.52. The summed E-state index contributed by atoms with van der Waals surface area (Å²) in [6.07, 6.45) is 3.52. The molecule has 2 rings (SSSR count). The standard InChI is InChI=1S/C12H13N3O2S2/c1-7-6-17-12(14-7)19-9-5-3-4-8(18-2)10(9)11(13)15-16/h3-6,16H,1-2H3,(H2,13,15). The molecule has 7 heteroatoms. The van der Waals surface area contributed by atoms with Gasteiger partial charge >= 0.3 is 0 Å². The number of hydrogen-bond donors (Lipinski definition) is 2. The number of oxime groups is 1. The van der Waals surface area contributed by atoms with Gasteiger partial charge in [-0.25, -0.2) is 4.98 Å². The highest BCUT2D eigenvalue weighted by Gasteiger charge is 2.15. The lowest BCUT2D eigenvalue weighted by molar-refractivity contribution is 0.318. The molecule has 0 radical (unpaired) electrons. The Morgan fingerprint density at radius 3 is 2.74 bits per heavy atom. The molecule has 0 saturated carbocycles. The Labute approximate surface area is 119 Å². The molecule has 5 nitrogen and oxygen atoms in total. The van der Waals surface area contributed by atoms with Crippen LogP contribution in [0.4, 0.5) is 0 Å². The third-order valence-electron chi connectivity index (χ3n) is 2.37. The van der Waals surface area contributed by atoms with Gasteiger partial charge in [0.25, 0.3) is 5.22 Å². The molecule has 1 heterocycles. The van der Waals surface area contributed by atoms with Crippen molar-refractivity contribution < 1.29 is 9.62 Å². The Bertz CT molecular complexity index is 611. The van der Waals surface area contributed by atoms with Crippen molar-refractivity contribution in [2.75, 3.05) is 6.26 Å². The highest BCUT2D eigenvalue weighted by Crippen LogP contribution is 2.34. The fraction of sp³-hybridized carbons (Fsp3) is 0.167. The smallest absolute Gasteiger partial charge is 0.260 e. The molecule has 0 aliphatic carbocycles. The Morgan fingerprint density at radius 2 is 2.16 bits per heavy atom. The third kappa shape index (κ3) is 3.05. The summed E-state index contributed by atoms with van der Waals surface area (Å²) in [5, 5.41) is 12.5. The van der Waals surface area contributed by atoms with Gasteiger partial charge in [0, 0.05) is 15.4 Å². The van der Waals surface area contributed by atoms with Crippen LogP contribution in [-0.4, -0.2) is 22.3 Å². The van der Waals surface area contributed by atoms with Gasteiger partial charge in [-0.2, -0.15) is 0 Å². The van der Waals surface area contributed by atoms with Crippen LogP contribution >= 0.6 is 23.5 Å². The third-order valence-corrected chi connectivity index (χ3v) is 4.07. The predicted octanol–water partition coefficient (Wildman–Crippen LogP) is 2.95. The largest absolute Gasteiger partial charge is 0.439 e. The van der Waals surface area contributed by atoms with Crippen molar-refractivity contribution in [2.45, 2.75) is 21.9 Å². The number of benzene rings is 1. The number of nitrogens with zero attached hydrogens (tertiary/aromatic N) is 2. The van der Waals surface area contributed by atoms with Gasteiger partial charge < -0.3 is 15.4 Å². The molecule has 0 atom stereocenters. The topological polar surface area (TPSA) is 84.6 Å². The molecule has 3 N–H and O–H groups in total. The van der Waals surface area contributed by atoms with E-state index in [2.05, 4.69) is 10.1 Å². The summed E-state index contributed by atoms with van der Waals surface area (Å²) in [6.45, 7) is 1.86. The highest BCUT2D eigenvalue weighted by molar-refractivity contribution is 7.99. The molecule has 100 valence electrons. The summed E-state index contributed by atoms with van der Waals surface area (Å²) in [5.41, 5.74) is 7.26. The first-order chi connectivity index (χ1) is 9.15. The van der Waals surface area contributed by atoms with E-state index in [-0.39, 0.29) is 5.84 Å². The van der Waals surface area contributed by atoms with Crippen LogP contribution in [0.1, 0.15) is 11.3 Å². The van der Waals surface area contributed by atoms with E-state index in [9.17, 15) is 0 Å². The fourth-order valence-corrected chi connectivity index (χ4v) is 3.18. The maximum absolute atomic E-state index is 8.91. The molecule has 0 fully saturated rings. The molecule has 0 unspecified atom stereocenters. The summed E-state index contributed by atoms with van der Waals surface area (Å²) in [4.78, 5) is 6.00. The van der Waals surface area contributed by atoms with E-state index in [1.165, 1.54) is 23.5 Å². The van der Waals surface area contributed by atoms with Crippen molar-refractivity contribution in [3.8, 4) is 0 Å². The first-order valence-corrected chi connectivity index (χ1v) is 7.44. The lowest BCUT2D eigenvalue weighted by atomic mass is 10.2. The molecular formula is C12H13N3O2S2. The molecule has 0 saturated heterocycles. The van der Waals surface area contributed by atoms with Gasteiger partial charge in [0.15, 0.2) is 5.84 Å². The summed E-state index contributed by atoms with van der Waals surface area (Å²) in [5.74, 6) is 0.0794. The Morgan fingerprint density at radius 1 is 1.42 bits per heavy atom. The van der Waals surface area contributed by atoms with Crippen molar-refractivity contribution in [3.63, 3.8) is 0 Å². The lowest BCUT2D eigenvalue weighted by Gasteiger charge is -2.10. The van der Waals surface area contributed by atoms with E-state index < -0.39 is 0 Å². The summed E-state index contributed by atoms with van der Waals surface area (Å²) in [7, 11) is 0. The predicted molar refractivity (Wildman–Crippen MR) is 76.1 cm³/mol. The van der Waals surface area contributed by atoms with Crippen molar-refractivity contribution >= 4 is 29.4 Å². The van der Waals surface area contributed by atoms with Gasteiger partial charge in [-0.1, -0.05) is 11.2 Å². The van der Waals surface area contributed by atoms with Crippen LogP contribution < -0.4 is 5.73 Å². The van der Waals surface area contributed by atoms with Crippen molar-refractivity contribution in [1.29, 1.82) is 0 Å². The van der Waals surface area contributed by atoms with Gasteiger partial charge in [0.2, 0.25) is 0 Å². The lowest BCUT2D eigenvalue weighted by Crippen LogP contribution is -2.15. The van der Waals surface area contributed by atoms with E-state index in [1.807, 2.05) is 31.4 Å². The molecule has 0 aliphatic heterocycles. The minimum absolute atomic E-state index is 0.0794. The first-order valence-electron chi connectivity index (χ1n) is 5.40. The number of rotatable bonds is 4. The normalized spacial score (nSPS) is 11.8. The number of oxazole rings is 1. The van der Waals surface area contributed by atoms with E-state index in [4.69, 9.17) is 15.4 Å². The van der Waals surface area contributed by atoms with E-state index >= 15 is 0 Å². The van der Waals surface area contributed by atoms with Gasteiger partial charge in [-0.15, -0.1) is 11.8 Å². The summed E-state index contributed by atoms with van der Waals surface area (Å²) >= 11 is 2.88. The Balaban J connectivity index is 2.44. The van der Waals surface area contributed by atoms with E-state index in [0.29, 0.717) is 10.8 Å². The second-order valence-electron chi connectivity index (χ2n) is 3.68. The summed E-state index contributed by atoms with van der Waals surface area (Å²) in [6, 6.07) is 5.72. The van der Waals surface area contributed by atoms with Gasteiger partial charge in [0.1, 0.15) is 6.26 Å². The quantitative estimate of drug-likeness (QED) is 0.296. The molecule has 1 aromatic heterocycles. The number of nitrogens with two attached hydrogens (primary N) is 1. The number of aryl methyl sites for hydroxylation is 1. The number of amidine groups is 1. The van der Waals surface area contributed by atoms with Gasteiger partial charge in [-0.05, 0) is 37.1 Å². The molecule has 2 aromatic rings. The van der Waals surface area contributed by atoms with Crippen LogP contribution in [0, 0.1) is 6.92 Å². The number of thioether (sulfide) groups is 1. The number of aromatic nitrogens is 1. The zero-order valence-electron chi connectivity index (χ0n) is 10.5. The van der Waals surface area contributed by atoms with Crippen LogP contribution in [0.3, 0.4) is 0 Å². The van der Waals surface area contributed by atoms with Crippen LogP contribution in [0.2, 0.25) is 0 Å². The van der Waals surface area contributed by atoms with Crippen molar-refractivity contribution in [2.24, 2.45) is 10.9 Å². The number of hydrogen-bond acceptors (Lipinski definition) is 6. The zero-order valence-corrected chi connectivity index (χ0v) is 12.1. The maximum atomic E-state index is 8.91. The molecule has 0 bridgehead atoms. The van der Waals surface area contributed by atoms with Crippen LogP contribution in [0.15, 0.2) is 49.0 Å². The molecule has 1 aromatic carbocycles. The maximum Gasteiger partial charge on any atom is 0.260 e. The molecule has 19 heavy (non-hydrogen) atoms. The molecule has 0 amide bonds. The summed E-state index contributed by atoms with van der Waals surface area (Å²) < 4.78 is 5.31. The fourth-order valence-electron chi connectivity index (χ4n) is 1.54. The second kappa shape index (κ2) is 6.03. The van der Waals surface area contributed by atoms with Crippen LogP contribution in [0.25, 0.3) is 0 Å². The zero-order chi connectivity index (χ0) is 13.8. The van der Waals surface area contributed by atoms with Gasteiger partial charge in [0.05, 0.1) is 5.69 Å². The van der Waals surface area contributed by atoms with E-state index in [1.54, 1.807) is 6.26 Å². The first kappa shape index (κ1) is 13.8. The average molecular weight is 295 g/mol. The van der Waals surface area contributed by atoms with E-state index in [0.717, 1.165) is 15.5 Å². The van der Waals surface area contributed by atoms with Crippen molar-refractivity contribution in [3.05, 3.63) is 35.7 Å². The van der Waals surface area contributed by atoms with Gasteiger partial charge in [-0.3, -0.25) is 0 Å². The molecular weight excluding hydrogens is 282 g/mol. The molecule has 0 aliphatic rings. The Hall–Kier alpha value is -1.60. The Kier molecular flexibility index (Phi) is 4.39. The SMILES string of the molecule is CSc1cccc(Sc2nc(C)co2)c1/C(N)=N/O. The minimum atomic E-state index is 0.0794. The minimum Gasteiger partial charge on any atom is -0.439 e. The van der Waals surface area contributed by atoms with Crippen LogP contribution in [0.5, 0.6) is 0 Å². The van der Waals surface area contributed by atoms with Crippen LogP contribution in [-0.2, 0) is 0 Å². The monoisotopic (exact) mass is 295 g/mol.